The standard InChI is InChI=1S/C16H24N4O4S/c1-11(2)19(3)25(23,24)14-5-4-12-6-7-20(10-13(12)8-14)15(21)9-18-16(17)22/h4-5,8,11H,6-7,9-10H2,1-3H3,(H3,17,18,22). The fourth-order valence-corrected chi connectivity index (χ4v) is 4.04. The summed E-state index contributed by atoms with van der Waals surface area (Å²) in [6.07, 6.45) is 0.637. The first-order chi connectivity index (χ1) is 11.6. The number of benzene rings is 1. The number of rotatable bonds is 5. The highest BCUT2D eigenvalue weighted by molar-refractivity contribution is 7.89. The van der Waals surface area contributed by atoms with E-state index in [1.807, 2.05) is 13.8 Å². The Morgan fingerprint density at radius 3 is 2.60 bits per heavy atom. The van der Waals surface area contributed by atoms with Crippen LogP contribution < -0.4 is 11.1 Å². The predicted octanol–water partition coefficient (Wildman–Crippen LogP) is 0.269. The van der Waals surface area contributed by atoms with Crippen molar-refractivity contribution in [2.45, 2.75) is 37.8 Å². The Labute approximate surface area is 148 Å². The lowest BCUT2D eigenvalue weighted by molar-refractivity contribution is -0.130. The number of hydrogen-bond acceptors (Lipinski definition) is 4. The molecule has 0 unspecified atom stereocenters. The minimum atomic E-state index is -3.57. The summed E-state index contributed by atoms with van der Waals surface area (Å²) in [5, 5.41) is 2.27. The lowest BCUT2D eigenvalue weighted by Crippen LogP contribution is -2.43. The van der Waals surface area contributed by atoms with E-state index in [-0.39, 0.29) is 23.4 Å². The zero-order chi connectivity index (χ0) is 18.8. The monoisotopic (exact) mass is 368 g/mol. The van der Waals surface area contributed by atoms with Crippen LogP contribution in [0.25, 0.3) is 0 Å². The molecule has 0 bridgehead atoms. The molecule has 0 spiro atoms. The molecule has 0 atom stereocenters. The summed E-state index contributed by atoms with van der Waals surface area (Å²) < 4.78 is 26.6. The topological polar surface area (TPSA) is 113 Å². The second-order valence-corrected chi connectivity index (χ2v) is 8.33. The molecule has 3 amide bonds. The van der Waals surface area contributed by atoms with Crippen LogP contribution in [0.5, 0.6) is 0 Å². The normalized spacial score (nSPS) is 14.5. The Balaban J connectivity index is 2.22. The predicted molar refractivity (Wildman–Crippen MR) is 93.2 cm³/mol. The molecule has 3 N–H and O–H groups in total. The Kier molecular flexibility index (Phi) is 5.69. The van der Waals surface area contributed by atoms with Gasteiger partial charge in [-0.3, -0.25) is 4.79 Å². The Bertz CT molecular complexity index is 776. The second kappa shape index (κ2) is 7.40. The van der Waals surface area contributed by atoms with E-state index in [9.17, 15) is 18.0 Å². The van der Waals surface area contributed by atoms with Gasteiger partial charge in [0.05, 0.1) is 11.4 Å². The van der Waals surface area contributed by atoms with Gasteiger partial charge in [-0.2, -0.15) is 4.31 Å². The Morgan fingerprint density at radius 2 is 2.00 bits per heavy atom. The van der Waals surface area contributed by atoms with Crippen LogP contribution in [-0.2, 0) is 27.8 Å². The number of amides is 3. The van der Waals surface area contributed by atoms with Crippen molar-refractivity contribution in [3.8, 4) is 0 Å². The van der Waals surface area contributed by atoms with E-state index in [0.29, 0.717) is 19.5 Å². The molecule has 1 aromatic carbocycles. The summed E-state index contributed by atoms with van der Waals surface area (Å²) in [7, 11) is -2.03. The van der Waals surface area contributed by atoms with Crippen LogP contribution in [0.3, 0.4) is 0 Å². The highest BCUT2D eigenvalue weighted by Gasteiger charge is 2.26. The molecule has 1 aliphatic heterocycles. The molecule has 8 nitrogen and oxygen atoms in total. The van der Waals surface area contributed by atoms with Crippen molar-refractivity contribution in [1.29, 1.82) is 0 Å². The fourth-order valence-electron chi connectivity index (χ4n) is 2.63. The van der Waals surface area contributed by atoms with Crippen molar-refractivity contribution in [1.82, 2.24) is 14.5 Å². The highest BCUT2D eigenvalue weighted by atomic mass is 32.2. The van der Waals surface area contributed by atoms with Gasteiger partial charge in [-0.25, -0.2) is 13.2 Å². The van der Waals surface area contributed by atoms with Gasteiger partial charge in [-0.15, -0.1) is 0 Å². The third kappa shape index (κ3) is 4.29. The van der Waals surface area contributed by atoms with Crippen LogP contribution in [0.4, 0.5) is 4.79 Å². The van der Waals surface area contributed by atoms with Crippen LogP contribution in [0.1, 0.15) is 25.0 Å². The summed E-state index contributed by atoms with van der Waals surface area (Å²) >= 11 is 0. The molecule has 0 aliphatic carbocycles. The SMILES string of the molecule is CC(C)N(C)S(=O)(=O)c1ccc2c(c1)CN(C(=O)CNC(N)=O)CC2. The number of nitrogens with one attached hydrogen (secondary N) is 1. The van der Waals surface area contributed by atoms with E-state index < -0.39 is 16.1 Å². The van der Waals surface area contributed by atoms with Crippen LogP contribution in [0.2, 0.25) is 0 Å². The van der Waals surface area contributed by atoms with E-state index >= 15 is 0 Å². The van der Waals surface area contributed by atoms with Gasteiger partial charge in [0, 0.05) is 26.2 Å². The molecule has 0 radical (unpaired) electrons. The van der Waals surface area contributed by atoms with Gasteiger partial charge in [-0.1, -0.05) is 6.07 Å². The van der Waals surface area contributed by atoms with Gasteiger partial charge >= 0.3 is 6.03 Å². The lowest BCUT2D eigenvalue weighted by Gasteiger charge is -2.29. The van der Waals surface area contributed by atoms with E-state index in [1.165, 1.54) is 4.31 Å². The molecule has 0 aromatic heterocycles. The summed E-state index contributed by atoms with van der Waals surface area (Å²) in [5.74, 6) is -0.253. The molecule has 1 heterocycles. The van der Waals surface area contributed by atoms with Gasteiger partial charge in [0.1, 0.15) is 0 Å². The second-order valence-electron chi connectivity index (χ2n) is 6.33. The number of nitrogens with two attached hydrogens (primary N) is 1. The molecule has 9 heteroatoms. The van der Waals surface area contributed by atoms with Gasteiger partial charge in [0.25, 0.3) is 0 Å². The van der Waals surface area contributed by atoms with Gasteiger partial charge < -0.3 is 16.0 Å². The average Bonchev–Trinajstić information content (AvgIpc) is 2.57. The Morgan fingerprint density at radius 1 is 1.32 bits per heavy atom. The quantitative estimate of drug-likeness (QED) is 0.776. The third-order valence-corrected chi connectivity index (χ3v) is 6.39. The van der Waals surface area contributed by atoms with Crippen molar-refractivity contribution in [2.24, 2.45) is 5.73 Å². The first-order valence-corrected chi connectivity index (χ1v) is 9.48. The number of carbonyl (C=O) groups excluding carboxylic acids is 2. The van der Waals surface area contributed by atoms with E-state index in [4.69, 9.17) is 5.73 Å². The molecule has 0 saturated heterocycles. The third-order valence-electron chi connectivity index (χ3n) is 4.36. The van der Waals surface area contributed by atoms with Crippen molar-refractivity contribution in [2.75, 3.05) is 20.1 Å². The Hall–Kier alpha value is -2.13. The maximum Gasteiger partial charge on any atom is 0.312 e. The van der Waals surface area contributed by atoms with Crippen molar-refractivity contribution < 1.29 is 18.0 Å². The maximum atomic E-state index is 12.6. The highest BCUT2D eigenvalue weighted by Crippen LogP contribution is 2.24. The van der Waals surface area contributed by atoms with Crippen molar-refractivity contribution >= 4 is 22.0 Å². The van der Waals surface area contributed by atoms with E-state index in [0.717, 1.165) is 11.1 Å². The minimum Gasteiger partial charge on any atom is -0.352 e. The average molecular weight is 368 g/mol. The van der Waals surface area contributed by atoms with Crippen molar-refractivity contribution in [3.05, 3.63) is 29.3 Å². The summed E-state index contributed by atoms with van der Waals surface area (Å²) in [5.41, 5.74) is 6.80. The zero-order valence-electron chi connectivity index (χ0n) is 14.7. The number of primary amides is 1. The largest absolute Gasteiger partial charge is 0.352 e. The smallest absolute Gasteiger partial charge is 0.312 e. The van der Waals surface area contributed by atoms with Crippen LogP contribution in [-0.4, -0.2) is 55.7 Å². The van der Waals surface area contributed by atoms with E-state index in [2.05, 4.69) is 5.32 Å². The first kappa shape index (κ1) is 19.2. The van der Waals surface area contributed by atoms with Gasteiger partial charge in [-0.05, 0) is 43.5 Å². The summed E-state index contributed by atoms with van der Waals surface area (Å²) in [4.78, 5) is 24.6. The number of carbonyl (C=O) groups is 2. The van der Waals surface area contributed by atoms with Crippen molar-refractivity contribution in [3.63, 3.8) is 0 Å². The molecular formula is C16H24N4O4S. The molecule has 0 saturated carbocycles. The number of urea groups is 1. The summed E-state index contributed by atoms with van der Waals surface area (Å²) in [6, 6.07) is 4.14. The molecule has 25 heavy (non-hydrogen) atoms. The molecule has 138 valence electrons. The zero-order valence-corrected chi connectivity index (χ0v) is 15.5. The van der Waals surface area contributed by atoms with Crippen LogP contribution in [0.15, 0.2) is 23.1 Å². The van der Waals surface area contributed by atoms with E-state index in [1.54, 1.807) is 30.1 Å². The molecular weight excluding hydrogens is 344 g/mol. The maximum absolute atomic E-state index is 12.6. The fraction of sp³-hybridized carbons (Fsp3) is 0.500. The molecule has 2 rings (SSSR count). The number of fused-ring (bicyclic) bond motifs is 1. The summed E-state index contributed by atoms with van der Waals surface area (Å²) in [6.45, 7) is 4.27. The molecule has 1 aromatic rings. The van der Waals surface area contributed by atoms with Crippen LogP contribution >= 0.6 is 0 Å². The van der Waals surface area contributed by atoms with Gasteiger partial charge in [0.15, 0.2) is 0 Å². The first-order valence-electron chi connectivity index (χ1n) is 8.04. The van der Waals surface area contributed by atoms with Gasteiger partial charge in [0.2, 0.25) is 15.9 Å². The van der Waals surface area contributed by atoms with Crippen LogP contribution in [0, 0.1) is 0 Å². The number of nitrogens with zero attached hydrogens (tertiary/aromatic N) is 2. The number of sulfonamides is 1. The molecule has 0 fully saturated rings. The molecule has 1 aliphatic rings. The number of hydrogen-bond donors (Lipinski definition) is 2. The minimum absolute atomic E-state index is 0.154. The lowest BCUT2D eigenvalue weighted by atomic mass is 10.00.